The zero-order valence-electron chi connectivity index (χ0n) is 11.9. The van der Waals surface area contributed by atoms with Crippen molar-refractivity contribution >= 4 is 5.91 Å². The molecule has 1 aliphatic rings. The Balaban J connectivity index is 1.74. The van der Waals surface area contributed by atoms with Gasteiger partial charge in [-0.15, -0.1) is 0 Å². The molecular formula is C15H18N4O2. The van der Waals surface area contributed by atoms with Crippen molar-refractivity contribution in [3.8, 4) is 5.69 Å². The quantitative estimate of drug-likeness (QED) is 0.862. The lowest BCUT2D eigenvalue weighted by molar-refractivity contribution is 0.0934. The van der Waals surface area contributed by atoms with Gasteiger partial charge in [0.1, 0.15) is 0 Å². The lowest BCUT2D eigenvalue weighted by Gasteiger charge is -2.12. The van der Waals surface area contributed by atoms with Crippen LogP contribution < -0.4 is 5.32 Å². The van der Waals surface area contributed by atoms with Gasteiger partial charge in [0.05, 0.1) is 29.7 Å². The van der Waals surface area contributed by atoms with E-state index in [-0.39, 0.29) is 17.9 Å². The summed E-state index contributed by atoms with van der Waals surface area (Å²) in [5.74, 6) is -0.146. The molecule has 21 heavy (non-hydrogen) atoms. The summed E-state index contributed by atoms with van der Waals surface area (Å²) < 4.78 is 1.72. The molecule has 3 rings (SSSR count). The van der Waals surface area contributed by atoms with Crippen LogP contribution in [0, 0.1) is 12.3 Å². The largest absolute Gasteiger partial charge is 0.396 e. The van der Waals surface area contributed by atoms with Gasteiger partial charge < -0.3 is 10.4 Å². The van der Waals surface area contributed by atoms with Crippen LogP contribution in [-0.4, -0.2) is 38.9 Å². The van der Waals surface area contributed by atoms with Crippen molar-refractivity contribution in [2.24, 2.45) is 5.41 Å². The van der Waals surface area contributed by atoms with Crippen molar-refractivity contribution in [3.05, 3.63) is 42.0 Å². The Morgan fingerprint density at radius 2 is 2.14 bits per heavy atom. The number of amides is 1. The van der Waals surface area contributed by atoms with E-state index in [0.29, 0.717) is 12.1 Å². The van der Waals surface area contributed by atoms with Crippen LogP contribution >= 0.6 is 0 Å². The molecule has 0 spiro atoms. The van der Waals surface area contributed by atoms with Crippen LogP contribution in [0.15, 0.2) is 30.7 Å². The van der Waals surface area contributed by atoms with E-state index >= 15 is 0 Å². The Morgan fingerprint density at radius 3 is 2.76 bits per heavy atom. The fourth-order valence-corrected chi connectivity index (χ4v) is 2.31. The number of hydrogen-bond acceptors (Lipinski definition) is 4. The molecule has 0 aliphatic heterocycles. The number of carbonyl (C=O) groups is 1. The molecule has 110 valence electrons. The zero-order valence-corrected chi connectivity index (χ0v) is 11.9. The Kier molecular flexibility index (Phi) is 3.47. The fourth-order valence-electron chi connectivity index (χ4n) is 2.31. The van der Waals surface area contributed by atoms with Crippen LogP contribution in [0.1, 0.15) is 28.9 Å². The number of aliphatic hydroxyl groups excluding tert-OH is 1. The number of aromatic nitrogens is 3. The number of nitrogens with one attached hydrogen (secondary N) is 1. The van der Waals surface area contributed by atoms with E-state index in [2.05, 4.69) is 15.4 Å². The summed E-state index contributed by atoms with van der Waals surface area (Å²) in [5, 5.41) is 16.4. The summed E-state index contributed by atoms with van der Waals surface area (Å²) in [5.41, 5.74) is 2.12. The third kappa shape index (κ3) is 2.67. The molecule has 1 aliphatic carbocycles. The average Bonchev–Trinajstić information content (AvgIpc) is 3.21. The highest BCUT2D eigenvalue weighted by molar-refractivity contribution is 5.95. The Bertz CT molecular complexity index is 647. The van der Waals surface area contributed by atoms with Gasteiger partial charge in [0.2, 0.25) is 0 Å². The maximum Gasteiger partial charge on any atom is 0.254 e. The normalized spacial score (nSPS) is 15.7. The minimum absolute atomic E-state index is 0.0926. The first-order valence-corrected chi connectivity index (χ1v) is 6.99. The molecule has 1 saturated carbocycles. The molecular weight excluding hydrogens is 268 g/mol. The Hall–Kier alpha value is -2.21. The minimum atomic E-state index is -0.146. The van der Waals surface area contributed by atoms with E-state index in [4.69, 9.17) is 0 Å². The molecule has 0 atom stereocenters. The molecule has 0 unspecified atom stereocenters. The topological polar surface area (TPSA) is 80.0 Å². The first kappa shape index (κ1) is 13.8. The van der Waals surface area contributed by atoms with Gasteiger partial charge in [-0.3, -0.25) is 9.78 Å². The van der Waals surface area contributed by atoms with Gasteiger partial charge >= 0.3 is 0 Å². The van der Waals surface area contributed by atoms with Gasteiger partial charge in [-0.2, -0.15) is 5.10 Å². The minimum Gasteiger partial charge on any atom is -0.396 e. The molecule has 0 radical (unpaired) electrons. The Labute approximate surface area is 122 Å². The van der Waals surface area contributed by atoms with Crippen molar-refractivity contribution in [1.29, 1.82) is 0 Å². The Morgan fingerprint density at radius 1 is 1.43 bits per heavy atom. The summed E-state index contributed by atoms with van der Waals surface area (Å²) in [6.07, 6.45) is 6.89. The highest BCUT2D eigenvalue weighted by Gasteiger charge is 2.42. The van der Waals surface area contributed by atoms with Gasteiger partial charge in [0, 0.05) is 24.4 Å². The van der Waals surface area contributed by atoms with Crippen molar-refractivity contribution < 1.29 is 9.90 Å². The molecule has 2 heterocycles. The zero-order chi connectivity index (χ0) is 14.9. The number of nitrogens with zero attached hydrogens (tertiary/aromatic N) is 3. The summed E-state index contributed by atoms with van der Waals surface area (Å²) in [6.45, 7) is 2.51. The molecule has 2 aromatic rings. The highest BCUT2D eigenvalue weighted by atomic mass is 16.3. The van der Waals surface area contributed by atoms with Gasteiger partial charge in [0.25, 0.3) is 5.91 Å². The van der Waals surface area contributed by atoms with Crippen molar-refractivity contribution in [3.63, 3.8) is 0 Å². The van der Waals surface area contributed by atoms with Crippen molar-refractivity contribution in [2.45, 2.75) is 19.8 Å². The molecule has 6 heteroatoms. The lowest BCUT2D eigenvalue weighted by Crippen LogP contribution is -2.32. The smallest absolute Gasteiger partial charge is 0.254 e. The van der Waals surface area contributed by atoms with E-state index in [1.165, 1.54) is 0 Å². The second kappa shape index (κ2) is 5.29. The van der Waals surface area contributed by atoms with E-state index in [1.807, 2.05) is 19.1 Å². The van der Waals surface area contributed by atoms with Crippen LogP contribution in [0.25, 0.3) is 5.69 Å². The number of rotatable bonds is 5. The van der Waals surface area contributed by atoms with E-state index in [9.17, 15) is 9.90 Å². The third-order valence-electron chi connectivity index (χ3n) is 4.08. The average molecular weight is 286 g/mol. The van der Waals surface area contributed by atoms with Crippen molar-refractivity contribution in [2.75, 3.05) is 13.2 Å². The molecule has 0 bridgehead atoms. The monoisotopic (exact) mass is 286 g/mol. The van der Waals surface area contributed by atoms with Gasteiger partial charge in [0.15, 0.2) is 0 Å². The molecule has 0 saturated heterocycles. The standard InChI is InChI=1S/C15H18N4O2/c1-11-13(14(21)17-9-15(10-20)4-5-15)8-18-19(11)12-2-6-16-7-3-12/h2-3,6-8,20H,4-5,9-10H2,1H3,(H,17,21). The predicted molar refractivity (Wildman–Crippen MR) is 77.2 cm³/mol. The first-order valence-electron chi connectivity index (χ1n) is 6.99. The van der Waals surface area contributed by atoms with Gasteiger partial charge in [-0.1, -0.05) is 0 Å². The maximum absolute atomic E-state index is 12.2. The van der Waals surface area contributed by atoms with Crippen LogP contribution in [0.3, 0.4) is 0 Å². The molecule has 6 nitrogen and oxygen atoms in total. The summed E-state index contributed by atoms with van der Waals surface area (Å²) >= 11 is 0. The summed E-state index contributed by atoms with van der Waals surface area (Å²) in [4.78, 5) is 16.2. The predicted octanol–water partition coefficient (Wildman–Crippen LogP) is 1.08. The highest BCUT2D eigenvalue weighted by Crippen LogP contribution is 2.44. The number of carbonyl (C=O) groups excluding carboxylic acids is 1. The van der Waals surface area contributed by atoms with Crippen molar-refractivity contribution in [1.82, 2.24) is 20.1 Å². The maximum atomic E-state index is 12.2. The van der Waals surface area contributed by atoms with Crippen LogP contribution in [0.2, 0.25) is 0 Å². The fraction of sp³-hybridized carbons (Fsp3) is 0.400. The van der Waals surface area contributed by atoms with Crippen LogP contribution in [-0.2, 0) is 0 Å². The summed E-state index contributed by atoms with van der Waals surface area (Å²) in [7, 11) is 0. The molecule has 2 N–H and O–H groups in total. The number of pyridine rings is 1. The van der Waals surface area contributed by atoms with E-state index in [0.717, 1.165) is 24.2 Å². The van der Waals surface area contributed by atoms with E-state index in [1.54, 1.807) is 23.3 Å². The molecule has 2 aromatic heterocycles. The van der Waals surface area contributed by atoms with Crippen LogP contribution in [0.5, 0.6) is 0 Å². The van der Waals surface area contributed by atoms with E-state index < -0.39 is 0 Å². The second-order valence-electron chi connectivity index (χ2n) is 5.60. The molecule has 1 fully saturated rings. The van der Waals surface area contributed by atoms with Crippen LogP contribution in [0.4, 0.5) is 0 Å². The molecule has 0 aromatic carbocycles. The molecule has 1 amide bonds. The van der Waals surface area contributed by atoms with Gasteiger partial charge in [-0.25, -0.2) is 4.68 Å². The SMILES string of the molecule is Cc1c(C(=O)NCC2(CO)CC2)cnn1-c1ccncc1. The summed E-state index contributed by atoms with van der Waals surface area (Å²) in [6, 6.07) is 3.68. The number of aliphatic hydroxyl groups is 1. The first-order chi connectivity index (χ1) is 10.2. The van der Waals surface area contributed by atoms with Gasteiger partial charge in [-0.05, 0) is 31.9 Å². The number of hydrogen-bond donors (Lipinski definition) is 2. The second-order valence-corrected chi connectivity index (χ2v) is 5.60. The lowest BCUT2D eigenvalue weighted by atomic mass is 10.1. The third-order valence-corrected chi connectivity index (χ3v) is 4.08.